The largest absolute Gasteiger partial charge is 0.489 e. The van der Waals surface area contributed by atoms with Gasteiger partial charge in [-0.25, -0.2) is 8.78 Å². The van der Waals surface area contributed by atoms with E-state index < -0.39 is 11.6 Å². The molecule has 3 aromatic carbocycles. The van der Waals surface area contributed by atoms with Crippen molar-refractivity contribution in [3.8, 4) is 16.9 Å². The minimum atomic E-state index is -0.628. The first kappa shape index (κ1) is 15.2. The second-order valence-corrected chi connectivity index (χ2v) is 5.40. The van der Waals surface area contributed by atoms with Gasteiger partial charge < -0.3 is 4.74 Å². The maximum absolute atomic E-state index is 14.3. The van der Waals surface area contributed by atoms with Gasteiger partial charge in [0.15, 0.2) is 0 Å². The second kappa shape index (κ2) is 6.61. The fourth-order valence-corrected chi connectivity index (χ4v) is 2.37. The Labute approximate surface area is 134 Å². The monoisotopic (exact) mass is 310 g/mol. The van der Waals surface area contributed by atoms with E-state index in [-0.39, 0.29) is 17.9 Å². The van der Waals surface area contributed by atoms with Crippen LogP contribution in [0.1, 0.15) is 11.1 Å². The molecule has 23 heavy (non-hydrogen) atoms. The molecule has 3 heteroatoms. The summed E-state index contributed by atoms with van der Waals surface area (Å²) in [6, 6.07) is 19.0. The Hall–Kier alpha value is -2.68. The van der Waals surface area contributed by atoms with Crippen LogP contribution in [0, 0.1) is 18.6 Å². The van der Waals surface area contributed by atoms with E-state index in [1.807, 2.05) is 49.4 Å². The van der Waals surface area contributed by atoms with Crippen molar-refractivity contribution in [3.63, 3.8) is 0 Å². The molecule has 116 valence electrons. The highest BCUT2D eigenvalue weighted by Gasteiger charge is 2.14. The Morgan fingerprint density at radius 1 is 0.826 bits per heavy atom. The lowest BCUT2D eigenvalue weighted by atomic mass is 10.0. The summed E-state index contributed by atoms with van der Waals surface area (Å²) in [6.07, 6.45) is 0. The summed E-state index contributed by atoms with van der Waals surface area (Å²) in [7, 11) is 0. The molecule has 0 fully saturated rings. The number of rotatable bonds is 4. The number of hydrogen-bond donors (Lipinski definition) is 0. The highest BCUT2D eigenvalue weighted by molar-refractivity contribution is 5.66. The van der Waals surface area contributed by atoms with E-state index in [9.17, 15) is 8.78 Å². The quantitative estimate of drug-likeness (QED) is 0.616. The molecule has 0 spiro atoms. The first-order chi connectivity index (χ1) is 11.1. The van der Waals surface area contributed by atoms with Crippen LogP contribution < -0.4 is 4.74 Å². The zero-order valence-corrected chi connectivity index (χ0v) is 12.7. The van der Waals surface area contributed by atoms with E-state index in [0.717, 1.165) is 11.1 Å². The highest BCUT2D eigenvalue weighted by Crippen LogP contribution is 2.30. The van der Waals surface area contributed by atoms with Gasteiger partial charge in [-0.15, -0.1) is 0 Å². The number of aryl methyl sites for hydroxylation is 1. The lowest BCUT2D eigenvalue weighted by Gasteiger charge is -2.10. The topological polar surface area (TPSA) is 9.23 Å². The predicted molar refractivity (Wildman–Crippen MR) is 87.3 cm³/mol. The van der Waals surface area contributed by atoms with Crippen LogP contribution in [-0.4, -0.2) is 0 Å². The lowest BCUT2D eigenvalue weighted by molar-refractivity contribution is 0.303. The zero-order chi connectivity index (χ0) is 16.2. The molecule has 3 rings (SSSR count). The van der Waals surface area contributed by atoms with Crippen molar-refractivity contribution < 1.29 is 13.5 Å². The molecule has 0 atom stereocenters. The average molecular weight is 310 g/mol. The molecule has 0 amide bonds. The Morgan fingerprint density at radius 2 is 1.43 bits per heavy atom. The van der Waals surface area contributed by atoms with E-state index in [0.29, 0.717) is 5.56 Å². The molecule has 0 unspecified atom stereocenters. The summed E-state index contributed by atoms with van der Waals surface area (Å²) in [5.74, 6) is -1.08. The van der Waals surface area contributed by atoms with Gasteiger partial charge in [-0.3, -0.25) is 0 Å². The summed E-state index contributed by atoms with van der Waals surface area (Å²) in [6.45, 7) is 2.20. The first-order valence-corrected chi connectivity index (χ1v) is 7.36. The molecule has 0 saturated carbocycles. The van der Waals surface area contributed by atoms with Crippen molar-refractivity contribution >= 4 is 0 Å². The minimum Gasteiger partial charge on any atom is -0.489 e. The summed E-state index contributed by atoms with van der Waals surface area (Å²) in [4.78, 5) is 0. The fraction of sp³-hybridized carbons (Fsp3) is 0.100. The predicted octanol–water partition coefficient (Wildman–Crippen LogP) is 5.52. The molecule has 0 saturated heterocycles. The number of halogens is 2. The van der Waals surface area contributed by atoms with Gasteiger partial charge in [0.1, 0.15) is 24.0 Å². The van der Waals surface area contributed by atoms with E-state index in [1.54, 1.807) is 12.1 Å². The maximum atomic E-state index is 14.3. The van der Waals surface area contributed by atoms with Gasteiger partial charge in [-0.05, 0) is 18.1 Å². The fourth-order valence-electron chi connectivity index (χ4n) is 2.37. The van der Waals surface area contributed by atoms with Gasteiger partial charge >= 0.3 is 0 Å². The van der Waals surface area contributed by atoms with Crippen LogP contribution in [0.2, 0.25) is 0 Å². The van der Waals surface area contributed by atoms with Crippen LogP contribution >= 0.6 is 0 Å². The third-order valence-electron chi connectivity index (χ3n) is 3.60. The van der Waals surface area contributed by atoms with E-state index in [2.05, 4.69) is 0 Å². The molecule has 0 aliphatic carbocycles. The van der Waals surface area contributed by atoms with Gasteiger partial charge in [-0.1, -0.05) is 60.2 Å². The van der Waals surface area contributed by atoms with Crippen molar-refractivity contribution in [2.45, 2.75) is 13.5 Å². The third kappa shape index (κ3) is 3.57. The first-order valence-electron chi connectivity index (χ1n) is 7.36. The number of ether oxygens (including phenoxy) is 1. The van der Waals surface area contributed by atoms with Crippen molar-refractivity contribution in [1.29, 1.82) is 0 Å². The smallest absolute Gasteiger partial charge is 0.137 e. The lowest BCUT2D eigenvalue weighted by Crippen LogP contribution is -1.98. The molecule has 1 nitrogen and oxygen atoms in total. The summed E-state index contributed by atoms with van der Waals surface area (Å²) in [5, 5.41) is 0. The van der Waals surface area contributed by atoms with Crippen LogP contribution in [0.4, 0.5) is 8.78 Å². The van der Waals surface area contributed by atoms with E-state index >= 15 is 0 Å². The standard InChI is InChI=1S/C20H16F2O/c1-14-7-9-16(10-8-14)20-18(21)11-17(12-19(20)22)23-13-15-5-3-2-4-6-15/h2-12H,13H2,1H3. The summed E-state index contributed by atoms with van der Waals surface area (Å²) in [5.41, 5.74) is 2.46. The molecular weight excluding hydrogens is 294 g/mol. The Balaban J connectivity index is 1.84. The van der Waals surface area contributed by atoms with Crippen LogP contribution in [0.3, 0.4) is 0 Å². The highest BCUT2D eigenvalue weighted by atomic mass is 19.1. The molecule has 0 bridgehead atoms. The summed E-state index contributed by atoms with van der Waals surface area (Å²) < 4.78 is 34.1. The Bertz CT molecular complexity index is 773. The Morgan fingerprint density at radius 3 is 2.04 bits per heavy atom. The second-order valence-electron chi connectivity index (χ2n) is 5.40. The summed E-state index contributed by atoms with van der Waals surface area (Å²) >= 11 is 0. The SMILES string of the molecule is Cc1ccc(-c2c(F)cc(OCc3ccccc3)cc2F)cc1. The van der Waals surface area contributed by atoms with Crippen molar-refractivity contribution in [3.05, 3.63) is 89.5 Å². The van der Waals surface area contributed by atoms with Crippen molar-refractivity contribution in [2.24, 2.45) is 0 Å². The van der Waals surface area contributed by atoms with Gasteiger partial charge in [0.2, 0.25) is 0 Å². The normalized spacial score (nSPS) is 10.6. The molecule has 0 N–H and O–H groups in total. The number of benzene rings is 3. The van der Waals surface area contributed by atoms with Crippen molar-refractivity contribution in [1.82, 2.24) is 0 Å². The zero-order valence-electron chi connectivity index (χ0n) is 12.7. The number of hydrogen-bond acceptors (Lipinski definition) is 1. The molecular formula is C20H16F2O. The molecule has 0 radical (unpaired) electrons. The van der Waals surface area contributed by atoms with Crippen LogP contribution in [0.5, 0.6) is 5.75 Å². The maximum Gasteiger partial charge on any atom is 0.137 e. The van der Waals surface area contributed by atoms with Gasteiger partial charge in [0.05, 0.1) is 5.56 Å². The minimum absolute atomic E-state index is 0.0305. The molecule has 3 aromatic rings. The average Bonchev–Trinajstić information content (AvgIpc) is 2.55. The molecule has 0 heterocycles. The molecule has 0 aromatic heterocycles. The van der Waals surface area contributed by atoms with Crippen molar-refractivity contribution in [2.75, 3.05) is 0 Å². The van der Waals surface area contributed by atoms with E-state index in [1.165, 1.54) is 12.1 Å². The van der Waals surface area contributed by atoms with Gasteiger partial charge in [0.25, 0.3) is 0 Å². The third-order valence-corrected chi connectivity index (χ3v) is 3.60. The van der Waals surface area contributed by atoms with E-state index in [4.69, 9.17) is 4.74 Å². The van der Waals surface area contributed by atoms with Gasteiger partial charge in [-0.2, -0.15) is 0 Å². The molecule has 0 aliphatic heterocycles. The molecule has 0 aliphatic rings. The Kier molecular flexibility index (Phi) is 4.38. The van der Waals surface area contributed by atoms with Gasteiger partial charge in [0, 0.05) is 12.1 Å². The van der Waals surface area contributed by atoms with Crippen LogP contribution in [-0.2, 0) is 6.61 Å². The van der Waals surface area contributed by atoms with Crippen LogP contribution in [0.15, 0.2) is 66.7 Å². The van der Waals surface area contributed by atoms with Crippen LogP contribution in [0.25, 0.3) is 11.1 Å².